The zero-order valence-electron chi connectivity index (χ0n) is 13.7. The number of hydrogen-bond donors (Lipinski definition) is 0. The minimum atomic E-state index is -0.702. The summed E-state index contributed by atoms with van der Waals surface area (Å²) in [4.78, 5) is 33.5. The van der Waals surface area contributed by atoms with Gasteiger partial charge in [0.2, 0.25) is 0 Å². The molecule has 1 aliphatic rings. The van der Waals surface area contributed by atoms with E-state index in [1.165, 1.54) is 24.3 Å². The van der Waals surface area contributed by atoms with Crippen molar-refractivity contribution >= 4 is 22.6 Å². The van der Waals surface area contributed by atoms with E-state index in [-0.39, 0.29) is 11.3 Å². The van der Waals surface area contributed by atoms with Gasteiger partial charge in [-0.1, -0.05) is 0 Å². The van der Waals surface area contributed by atoms with Crippen molar-refractivity contribution in [1.82, 2.24) is 4.90 Å². The van der Waals surface area contributed by atoms with E-state index < -0.39 is 26.1 Å². The third-order valence-corrected chi connectivity index (χ3v) is 3.96. The first kappa shape index (κ1) is 17.0. The highest BCUT2D eigenvalue weighted by Crippen LogP contribution is 2.50. The topological polar surface area (TPSA) is 133 Å². The van der Waals surface area contributed by atoms with E-state index in [2.05, 4.69) is 0 Å². The molecule has 0 saturated heterocycles. The number of nitro groups is 3. The monoisotopic (exact) mass is 356 g/mol. The van der Waals surface area contributed by atoms with Gasteiger partial charge in [0.15, 0.2) is 0 Å². The molecular formula is C16H12N4O6. The van der Waals surface area contributed by atoms with Crippen molar-refractivity contribution in [3.05, 3.63) is 78.0 Å². The summed E-state index contributed by atoms with van der Waals surface area (Å²) in [6.07, 6.45) is 1.63. The lowest BCUT2D eigenvalue weighted by atomic mass is 10.0. The molecule has 0 aromatic heterocycles. The van der Waals surface area contributed by atoms with Crippen LogP contribution in [0.1, 0.15) is 11.1 Å². The van der Waals surface area contributed by atoms with Crippen LogP contribution in [0.15, 0.2) is 36.5 Å². The van der Waals surface area contributed by atoms with Crippen molar-refractivity contribution in [2.24, 2.45) is 0 Å². The van der Waals surface area contributed by atoms with Crippen LogP contribution in [0.25, 0.3) is 16.7 Å². The molecule has 0 fully saturated rings. The van der Waals surface area contributed by atoms with Crippen molar-refractivity contribution < 1.29 is 14.8 Å². The fraction of sp³-hybridized carbons (Fsp3) is 0.125. The molecule has 10 nitrogen and oxygen atoms in total. The second kappa shape index (κ2) is 5.92. The predicted octanol–water partition coefficient (Wildman–Crippen LogP) is 3.34. The molecular weight excluding hydrogens is 344 g/mol. The summed E-state index contributed by atoms with van der Waals surface area (Å²) in [5.74, 6) is 0. The van der Waals surface area contributed by atoms with Crippen molar-refractivity contribution in [2.45, 2.75) is 0 Å². The van der Waals surface area contributed by atoms with Gasteiger partial charge in [-0.25, -0.2) is 0 Å². The normalized spacial score (nSPS) is 13.2. The van der Waals surface area contributed by atoms with Gasteiger partial charge in [-0.15, -0.1) is 0 Å². The Kier molecular flexibility index (Phi) is 3.87. The van der Waals surface area contributed by atoms with E-state index in [0.29, 0.717) is 22.3 Å². The average molecular weight is 356 g/mol. The molecule has 0 aliphatic heterocycles. The van der Waals surface area contributed by atoms with Gasteiger partial charge >= 0.3 is 0 Å². The lowest BCUT2D eigenvalue weighted by Gasteiger charge is -2.09. The minimum absolute atomic E-state index is 0.168. The van der Waals surface area contributed by atoms with Crippen LogP contribution in [0.4, 0.5) is 17.1 Å². The molecule has 0 atom stereocenters. The van der Waals surface area contributed by atoms with Crippen LogP contribution in [-0.4, -0.2) is 33.8 Å². The van der Waals surface area contributed by atoms with Gasteiger partial charge in [-0.3, -0.25) is 30.3 Å². The van der Waals surface area contributed by atoms with E-state index >= 15 is 0 Å². The third-order valence-electron chi connectivity index (χ3n) is 3.96. The van der Waals surface area contributed by atoms with Crippen molar-refractivity contribution in [1.29, 1.82) is 0 Å². The number of non-ortho nitro benzene ring substituents is 2. The summed E-state index contributed by atoms with van der Waals surface area (Å²) < 4.78 is 0. The molecule has 26 heavy (non-hydrogen) atoms. The molecule has 0 radical (unpaired) electrons. The second-order valence-electron chi connectivity index (χ2n) is 5.90. The van der Waals surface area contributed by atoms with E-state index in [1.54, 1.807) is 25.2 Å². The Morgan fingerprint density at radius 1 is 0.808 bits per heavy atom. The van der Waals surface area contributed by atoms with Crippen LogP contribution in [-0.2, 0) is 0 Å². The first-order chi connectivity index (χ1) is 12.2. The zero-order chi connectivity index (χ0) is 19.2. The lowest BCUT2D eigenvalue weighted by Crippen LogP contribution is -2.03. The Labute approximate surface area is 146 Å². The van der Waals surface area contributed by atoms with Gasteiger partial charge in [0.25, 0.3) is 17.1 Å². The SMILES string of the molecule is CN(C)/C=C1/c2cc([N+](=O)[O-])ccc2-c2c1cc([N+](=O)[O-])cc2[N+](=O)[O-]. The smallest absolute Gasteiger partial charge is 0.284 e. The Morgan fingerprint density at radius 3 is 1.96 bits per heavy atom. The Morgan fingerprint density at radius 2 is 1.42 bits per heavy atom. The largest absolute Gasteiger partial charge is 0.383 e. The van der Waals surface area contributed by atoms with Crippen LogP contribution in [0.5, 0.6) is 0 Å². The first-order valence-corrected chi connectivity index (χ1v) is 7.35. The quantitative estimate of drug-likeness (QED) is 0.517. The molecule has 10 heteroatoms. The summed E-state index contributed by atoms with van der Waals surface area (Å²) >= 11 is 0. The molecule has 0 heterocycles. The summed E-state index contributed by atoms with van der Waals surface area (Å²) in [6.45, 7) is 0. The zero-order valence-corrected chi connectivity index (χ0v) is 13.7. The highest BCUT2D eigenvalue weighted by molar-refractivity contribution is 6.05. The maximum Gasteiger partial charge on any atom is 0.284 e. The summed E-state index contributed by atoms with van der Waals surface area (Å²) in [6, 6.07) is 6.17. The van der Waals surface area contributed by atoms with Gasteiger partial charge in [-0.05, 0) is 17.2 Å². The molecule has 0 saturated carbocycles. The van der Waals surface area contributed by atoms with Crippen molar-refractivity contribution in [3.63, 3.8) is 0 Å². The second-order valence-corrected chi connectivity index (χ2v) is 5.90. The lowest BCUT2D eigenvalue weighted by molar-refractivity contribution is -0.393. The molecule has 2 aromatic carbocycles. The fourth-order valence-corrected chi connectivity index (χ4v) is 2.99. The number of nitrogens with zero attached hydrogens (tertiary/aromatic N) is 4. The molecule has 0 unspecified atom stereocenters. The van der Waals surface area contributed by atoms with Crippen LogP contribution in [0.3, 0.4) is 0 Å². The fourth-order valence-electron chi connectivity index (χ4n) is 2.99. The van der Waals surface area contributed by atoms with Crippen molar-refractivity contribution in [2.75, 3.05) is 14.1 Å². The van der Waals surface area contributed by atoms with Gasteiger partial charge in [0.1, 0.15) is 0 Å². The van der Waals surface area contributed by atoms with Gasteiger partial charge < -0.3 is 4.90 Å². The molecule has 2 aromatic rings. The number of rotatable bonds is 4. The van der Waals surface area contributed by atoms with E-state index in [4.69, 9.17) is 0 Å². The molecule has 1 aliphatic carbocycles. The van der Waals surface area contributed by atoms with Crippen LogP contribution in [0.2, 0.25) is 0 Å². The molecule has 132 valence electrons. The Balaban J connectivity index is 2.42. The number of hydrogen-bond acceptors (Lipinski definition) is 7. The highest BCUT2D eigenvalue weighted by Gasteiger charge is 2.34. The molecule has 0 amide bonds. The van der Waals surface area contributed by atoms with E-state index in [1.807, 2.05) is 0 Å². The third kappa shape index (κ3) is 2.62. The van der Waals surface area contributed by atoms with E-state index in [0.717, 1.165) is 6.07 Å². The van der Waals surface area contributed by atoms with E-state index in [9.17, 15) is 30.3 Å². The summed E-state index contributed by atoms with van der Waals surface area (Å²) in [7, 11) is 3.43. The Hall–Kier alpha value is -3.82. The van der Waals surface area contributed by atoms with Gasteiger partial charge in [0.05, 0.1) is 26.4 Å². The predicted molar refractivity (Wildman–Crippen MR) is 92.6 cm³/mol. The van der Waals surface area contributed by atoms with Gasteiger partial charge in [-0.2, -0.15) is 0 Å². The Bertz CT molecular complexity index is 1010. The standard InChI is InChI=1S/C16H12N4O6/c1-17(2)8-14-12-5-9(18(21)22)3-4-11(12)16-13(14)6-10(19(23)24)7-15(16)20(25)26/h3-8H,1-2H3/b14-8-. The number of fused-ring (bicyclic) bond motifs is 3. The number of benzene rings is 2. The average Bonchev–Trinajstić information content (AvgIpc) is 2.86. The van der Waals surface area contributed by atoms with Crippen LogP contribution >= 0.6 is 0 Å². The van der Waals surface area contributed by atoms with Gasteiger partial charge in [0, 0.05) is 49.6 Å². The maximum absolute atomic E-state index is 11.5. The maximum atomic E-state index is 11.5. The summed E-state index contributed by atoms with van der Waals surface area (Å²) in [5, 5.41) is 33.8. The number of nitro benzene ring substituents is 3. The summed E-state index contributed by atoms with van der Waals surface area (Å²) in [5.41, 5.74) is 0.836. The highest BCUT2D eigenvalue weighted by atomic mass is 16.6. The van der Waals surface area contributed by atoms with Crippen molar-refractivity contribution in [3.8, 4) is 11.1 Å². The molecule has 0 N–H and O–H groups in total. The molecule has 3 rings (SSSR count). The first-order valence-electron chi connectivity index (χ1n) is 7.35. The van der Waals surface area contributed by atoms with Crippen LogP contribution < -0.4 is 0 Å². The van der Waals surface area contributed by atoms with Crippen LogP contribution in [0, 0.1) is 30.3 Å². The molecule has 0 spiro atoms. The minimum Gasteiger partial charge on any atom is -0.383 e. The molecule has 0 bridgehead atoms.